The lowest BCUT2D eigenvalue weighted by Gasteiger charge is -2.15. The van der Waals surface area contributed by atoms with Crippen molar-refractivity contribution in [2.75, 3.05) is 20.2 Å². The van der Waals surface area contributed by atoms with Crippen LogP contribution in [0.2, 0.25) is 0 Å². The zero-order chi connectivity index (χ0) is 14.5. The van der Waals surface area contributed by atoms with E-state index in [-0.39, 0.29) is 11.7 Å². The minimum atomic E-state index is -0.133. The van der Waals surface area contributed by atoms with E-state index in [0.29, 0.717) is 36.6 Å². The van der Waals surface area contributed by atoms with Gasteiger partial charge in [-0.15, -0.1) is 0 Å². The topological polar surface area (TPSA) is 58.6 Å². The highest BCUT2D eigenvalue weighted by atomic mass is 16.5. The third-order valence-corrected chi connectivity index (χ3v) is 3.18. The van der Waals surface area contributed by atoms with Gasteiger partial charge >= 0.3 is 0 Å². The van der Waals surface area contributed by atoms with Gasteiger partial charge in [-0.2, -0.15) is 0 Å². The maximum atomic E-state index is 12.2. The molecule has 2 rings (SSSR count). The molecule has 0 spiro atoms. The van der Waals surface area contributed by atoms with Gasteiger partial charge in [-0.1, -0.05) is 6.92 Å². The summed E-state index contributed by atoms with van der Waals surface area (Å²) in [7, 11) is 1.58. The lowest BCUT2D eigenvalue weighted by Crippen LogP contribution is -2.27. The molecule has 1 N–H and O–H groups in total. The molecule has 0 bridgehead atoms. The minimum absolute atomic E-state index is 0.0174. The van der Waals surface area contributed by atoms with E-state index in [1.165, 1.54) is 6.08 Å². The number of nitrogens with one attached hydrogen (secondary N) is 1. The second-order valence-corrected chi connectivity index (χ2v) is 4.45. The standard InChI is InChI=1S/C15H18N2O3/c1-3-15(19)17-9-8-16-14(17)10-13(18)11-4-6-12(20-2)7-5-11/h4-7,10,16H,3,8-9H2,1-2H3/b14-10+. The van der Waals surface area contributed by atoms with Crippen LogP contribution in [0.3, 0.4) is 0 Å². The molecule has 0 radical (unpaired) electrons. The number of hydrogen-bond acceptors (Lipinski definition) is 4. The van der Waals surface area contributed by atoms with E-state index < -0.39 is 0 Å². The summed E-state index contributed by atoms with van der Waals surface area (Å²) in [5.41, 5.74) is 0.566. The molecule has 0 unspecified atom stereocenters. The average molecular weight is 274 g/mol. The molecule has 1 aromatic rings. The normalized spacial score (nSPS) is 16.1. The molecule has 1 aliphatic rings. The van der Waals surface area contributed by atoms with Gasteiger partial charge in [-0.25, -0.2) is 0 Å². The Morgan fingerprint density at radius 2 is 2.05 bits per heavy atom. The Kier molecular flexibility index (Phi) is 4.40. The van der Waals surface area contributed by atoms with Crippen molar-refractivity contribution in [1.29, 1.82) is 0 Å². The maximum absolute atomic E-state index is 12.2. The highest BCUT2D eigenvalue weighted by Crippen LogP contribution is 2.14. The Morgan fingerprint density at radius 1 is 1.35 bits per heavy atom. The van der Waals surface area contributed by atoms with E-state index in [9.17, 15) is 9.59 Å². The maximum Gasteiger partial charge on any atom is 0.227 e. The van der Waals surface area contributed by atoms with Crippen molar-refractivity contribution < 1.29 is 14.3 Å². The lowest BCUT2D eigenvalue weighted by molar-refractivity contribution is -0.128. The van der Waals surface area contributed by atoms with E-state index in [0.717, 1.165) is 0 Å². The molecule has 0 saturated carbocycles. The largest absolute Gasteiger partial charge is 0.497 e. The molecule has 5 nitrogen and oxygen atoms in total. The number of allylic oxidation sites excluding steroid dienone is 1. The van der Waals surface area contributed by atoms with Crippen molar-refractivity contribution in [1.82, 2.24) is 10.2 Å². The van der Waals surface area contributed by atoms with E-state index in [2.05, 4.69) is 5.32 Å². The lowest BCUT2D eigenvalue weighted by atomic mass is 10.1. The van der Waals surface area contributed by atoms with Crippen LogP contribution in [0.4, 0.5) is 0 Å². The number of nitrogens with zero attached hydrogens (tertiary/aromatic N) is 1. The van der Waals surface area contributed by atoms with Gasteiger partial charge in [0.1, 0.15) is 11.6 Å². The van der Waals surface area contributed by atoms with Gasteiger partial charge in [0.05, 0.1) is 7.11 Å². The summed E-state index contributed by atoms with van der Waals surface area (Å²) in [5.74, 6) is 1.17. The highest BCUT2D eigenvalue weighted by Gasteiger charge is 2.22. The van der Waals surface area contributed by atoms with Crippen molar-refractivity contribution >= 4 is 11.7 Å². The predicted molar refractivity (Wildman–Crippen MR) is 75.4 cm³/mol. The van der Waals surface area contributed by atoms with Crippen molar-refractivity contribution in [3.63, 3.8) is 0 Å². The van der Waals surface area contributed by atoms with Crippen LogP contribution in [-0.4, -0.2) is 36.8 Å². The molecule has 106 valence electrons. The average Bonchev–Trinajstić information content (AvgIpc) is 2.94. The quantitative estimate of drug-likeness (QED) is 0.668. The molecule has 1 amide bonds. The van der Waals surface area contributed by atoms with Crippen LogP contribution < -0.4 is 10.1 Å². The summed E-state index contributed by atoms with van der Waals surface area (Å²) in [6, 6.07) is 6.89. The zero-order valence-corrected chi connectivity index (χ0v) is 11.7. The number of methoxy groups -OCH3 is 1. The highest BCUT2D eigenvalue weighted by molar-refractivity contribution is 6.05. The van der Waals surface area contributed by atoms with Gasteiger partial charge in [-0.3, -0.25) is 14.5 Å². The van der Waals surface area contributed by atoms with Gasteiger partial charge in [0.25, 0.3) is 0 Å². The molecule has 1 fully saturated rings. The van der Waals surface area contributed by atoms with Crippen LogP contribution in [0.1, 0.15) is 23.7 Å². The van der Waals surface area contributed by atoms with Crippen LogP contribution in [0.5, 0.6) is 5.75 Å². The minimum Gasteiger partial charge on any atom is -0.497 e. The molecule has 0 atom stereocenters. The fraction of sp³-hybridized carbons (Fsp3) is 0.333. The van der Waals surface area contributed by atoms with Crippen LogP contribution in [0.25, 0.3) is 0 Å². The first-order valence-electron chi connectivity index (χ1n) is 6.60. The summed E-state index contributed by atoms with van der Waals surface area (Å²) in [6.07, 6.45) is 1.90. The summed E-state index contributed by atoms with van der Waals surface area (Å²) in [5, 5.41) is 3.07. The fourth-order valence-electron chi connectivity index (χ4n) is 2.05. The molecule has 1 saturated heterocycles. The molecule has 20 heavy (non-hydrogen) atoms. The van der Waals surface area contributed by atoms with Crippen molar-refractivity contribution in [2.24, 2.45) is 0 Å². The Balaban J connectivity index is 2.16. The van der Waals surface area contributed by atoms with E-state index in [1.54, 1.807) is 36.3 Å². The third-order valence-electron chi connectivity index (χ3n) is 3.18. The van der Waals surface area contributed by atoms with Gasteiger partial charge in [-0.05, 0) is 24.3 Å². The first-order chi connectivity index (χ1) is 9.65. The van der Waals surface area contributed by atoms with E-state index in [4.69, 9.17) is 4.74 Å². The summed E-state index contributed by atoms with van der Waals surface area (Å²) >= 11 is 0. The van der Waals surface area contributed by atoms with Crippen LogP contribution in [-0.2, 0) is 4.79 Å². The first-order valence-corrected chi connectivity index (χ1v) is 6.60. The van der Waals surface area contributed by atoms with Gasteiger partial charge in [0.15, 0.2) is 5.78 Å². The Bertz CT molecular complexity index is 535. The summed E-state index contributed by atoms with van der Waals surface area (Å²) in [6.45, 7) is 3.09. The zero-order valence-electron chi connectivity index (χ0n) is 11.7. The molecular formula is C15H18N2O3. The molecule has 1 aromatic carbocycles. The number of hydrogen-bond donors (Lipinski definition) is 1. The monoisotopic (exact) mass is 274 g/mol. The van der Waals surface area contributed by atoms with Gasteiger partial charge < -0.3 is 10.1 Å². The fourth-order valence-corrected chi connectivity index (χ4v) is 2.05. The predicted octanol–water partition coefficient (Wildman–Crippen LogP) is 1.56. The molecular weight excluding hydrogens is 256 g/mol. The Morgan fingerprint density at radius 3 is 2.65 bits per heavy atom. The number of amides is 1. The van der Waals surface area contributed by atoms with Gasteiger partial charge in [0.2, 0.25) is 5.91 Å². The second kappa shape index (κ2) is 6.23. The number of carbonyl (C=O) groups excluding carboxylic acids is 2. The van der Waals surface area contributed by atoms with Crippen molar-refractivity contribution in [3.8, 4) is 5.75 Å². The number of carbonyl (C=O) groups is 2. The van der Waals surface area contributed by atoms with Crippen molar-refractivity contribution in [3.05, 3.63) is 41.7 Å². The third kappa shape index (κ3) is 2.99. The van der Waals surface area contributed by atoms with Crippen LogP contribution in [0.15, 0.2) is 36.2 Å². The van der Waals surface area contributed by atoms with Gasteiger partial charge in [0, 0.05) is 31.1 Å². The molecule has 0 aromatic heterocycles. The number of ether oxygens (including phenoxy) is 1. The molecule has 1 aliphatic heterocycles. The van der Waals surface area contributed by atoms with Crippen molar-refractivity contribution in [2.45, 2.75) is 13.3 Å². The molecule has 5 heteroatoms. The smallest absolute Gasteiger partial charge is 0.227 e. The van der Waals surface area contributed by atoms with Crippen LogP contribution >= 0.6 is 0 Å². The number of rotatable bonds is 4. The Hall–Kier alpha value is -2.30. The van der Waals surface area contributed by atoms with E-state index in [1.807, 2.05) is 6.92 Å². The second-order valence-electron chi connectivity index (χ2n) is 4.45. The number of benzene rings is 1. The van der Waals surface area contributed by atoms with Crippen LogP contribution in [0, 0.1) is 0 Å². The number of ketones is 1. The van der Waals surface area contributed by atoms with E-state index >= 15 is 0 Å². The summed E-state index contributed by atoms with van der Waals surface area (Å²) < 4.78 is 5.05. The first kappa shape index (κ1) is 14.1. The SMILES string of the molecule is CCC(=O)N1CCN/C1=C\C(=O)c1ccc(OC)cc1. The summed E-state index contributed by atoms with van der Waals surface area (Å²) in [4.78, 5) is 25.5. The Labute approximate surface area is 118 Å². The molecule has 1 heterocycles. The molecule has 0 aliphatic carbocycles.